The van der Waals surface area contributed by atoms with E-state index < -0.39 is 0 Å². The fourth-order valence-corrected chi connectivity index (χ4v) is 2.54. The maximum Gasteiger partial charge on any atom is 0.185 e. The Bertz CT molecular complexity index is 395. The van der Waals surface area contributed by atoms with Crippen molar-refractivity contribution >= 4 is 22.3 Å². The van der Waals surface area contributed by atoms with E-state index in [1.54, 1.807) is 11.3 Å². The van der Waals surface area contributed by atoms with Gasteiger partial charge in [0.2, 0.25) is 0 Å². The third-order valence-electron chi connectivity index (χ3n) is 2.64. The number of aryl methyl sites for hydroxylation is 2. The van der Waals surface area contributed by atoms with Crippen molar-refractivity contribution in [2.75, 3.05) is 18.0 Å². The molecule has 0 atom stereocenters. The van der Waals surface area contributed by atoms with Crippen LogP contribution in [0.5, 0.6) is 0 Å². The molecule has 0 spiro atoms. The quantitative estimate of drug-likeness (QED) is 0.360. The lowest BCUT2D eigenvalue weighted by atomic mass is 10.2. The highest BCUT2D eigenvalue weighted by atomic mass is 32.1. The summed E-state index contributed by atoms with van der Waals surface area (Å²) < 4.78 is 0. The first-order valence-electron chi connectivity index (χ1n) is 6.09. The molecule has 0 bridgehead atoms. The number of hydrogen-bond donors (Lipinski definition) is 2. The molecule has 0 aliphatic heterocycles. The second-order valence-corrected chi connectivity index (χ2v) is 6.00. The van der Waals surface area contributed by atoms with E-state index in [9.17, 15) is 0 Å². The van der Waals surface area contributed by atoms with Gasteiger partial charge in [0, 0.05) is 24.4 Å². The van der Waals surface area contributed by atoms with Gasteiger partial charge in [-0.1, -0.05) is 19.0 Å². The summed E-state index contributed by atoms with van der Waals surface area (Å²) in [7, 11) is 0. The van der Waals surface area contributed by atoms with Gasteiger partial charge in [0.15, 0.2) is 5.13 Å². The summed E-state index contributed by atoms with van der Waals surface area (Å²) in [5.74, 6) is 0.801. The van der Waals surface area contributed by atoms with Crippen LogP contribution < -0.4 is 10.6 Å². The highest BCUT2D eigenvalue weighted by Crippen LogP contribution is 2.25. The zero-order valence-corrected chi connectivity index (χ0v) is 12.3. The molecule has 1 heterocycles. The van der Waals surface area contributed by atoms with Crippen molar-refractivity contribution in [3.05, 3.63) is 10.6 Å². The Balaban J connectivity index is 2.77. The van der Waals surface area contributed by atoms with E-state index in [2.05, 4.69) is 35.8 Å². The van der Waals surface area contributed by atoms with Gasteiger partial charge in [-0.3, -0.25) is 0 Å². The van der Waals surface area contributed by atoms with Crippen LogP contribution in [0, 0.1) is 19.8 Å². The molecule has 0 unspecified atom stereocenters. The second-order valence-electron chi connectivity index (χ2n) is 4.82. The number of anilines is 1. The van der Waals surface area contributed by atoms with Crippen LogP contribution in [-0.2, 0) is 0 Å². The third-order valence-corrected chi connectivity index (χ3v) is 3.77. The number of amidine groups is 1. The van der Waals surface area contributed by atoms with Crippen molar-refractivity contribution in [3.8, 4) is 0 Å². The molecule has 5 nitrogen and oxygen atoms in total. The van der Waals surface area contributed by atoms with Crippen molar-refractivity contribution < 1.29 is 5.21 Å². The highest BCUT2D eigenvalue weighted by Gasteiger charge is 2.14. The van der Waals surface area contributed by atoms with E-state index in [1.807, 2.05) is 6.92 Å². The third kappa shape index (κ3) is 4.18. The van der Waals surface area contributed by atoms with Gasteiger partial charge in [-0.2, -0.15) is 0 Å². The molecule has 0 radical (unpaired) electrons. The molecule has 6 heteroatoms. The zero-order chi connectivity index (χ0) is 13.7. The van der Waals surface area contributed by atoms with Crippen LogP contribution in [0.15, 0.2) is 5.16 Å². The predicted octanol–water partition coefficient (Wildman–Crippen LogP) is 2.36. The number of hydrogen-bond acceptors (Lipinski definition) is 5. The monoisotopic (exact) mass is 270 g/mol. The minimum absolute atomic E-state index is 0.258. The molecule has 3 N–H and O–H groups in total. The van der Waals surface area contributed by atoms with Crippen LogP contribution in [0.25, 0.3) is 0 Å². The second kappa shape index (κ2) is 6.58. The molecule has 18 heavy (non-hydrogen) atoms. The van der Waals surface area contributed by atoms with Gasteiger partial charge < -0.3 is 15.8 Å². The Kier molecular flexibility index (Phi) is 5.40. The van der Waals surface area contributed by atoms with Crippen molar-refractivity contribution in [1.29, 1.82) is 0 Å². The molecule has 0 saturated carbocycles. The average molecular weight is 270 g/mol. The summed E-state index contributed by atoms with van der Waals surface area (Å²) >= 11 is 1.70. The van der Waals surface area contributed by atoms with Crippen molar-refractivity contribution in [2.45, 2.75) is 34.1 Å². The first-order valence-corrected chi connectivity index (χ1v) is 6.91. The smallest absolute Gasteiger partial charge is 0.185 e. The normalized spacial score (nSPS) is 12.2. The van der Waals surface area contributed by atoms with Crippen LogP contribution >= 0.6 is 11.3 Å². The summed E-state index contributed by atoms with van der Waals surface area (Å²) in [6, 6.07) is 0. The summed E-state index contributed by atoms with van der Waals surface area (Å²) in [5, 5.41) is 12.6. The van der Waals surface area contributed by atoms with E-state index in [0.717, 1.165) is 23.9 Å². The predicted molar refractivity (Wildman–Crippen MR) is 76.7 cm³/mol. The van der Waals surface area contributed by atoms with E-state index in [4.69, 9.17) is 10.9 Å². The fourth-order valence-electron chi connectivity index (χ4n) is 1.60. The van der Waals surface area contributed by atoms with Gasteiger partial charge in [-0.15, -0.1) is 11.3 Å². The molecular weight excluding hydrogens is 248 g/mol. The fraction of sp³-hybridized carbons (Fsp3) is 0.667. The number of nitrogens with zero attached hydrogens (tertiary/aromatic N) is 3. The Morgan fingerprint density at radius 1 is 1.50 bits per heavy atom. The Morgan fingerprint density at radius 2 is 2.17 bits per heavy atom. The van der Waals surface area contributed by atoms with Crippen LogP contribution in [0.2, 0.25) is 0 Å². The number of thiazole rings is 1. The van der Waals surface area contributed by atoms with Gasteiger partial charge in [0.25, 0.3) is 0 Å². The summed E-state index contributed by atoms with van der Waals surface area (Å²) in [6.07, 6.45) is 0.543. The van der Waals surface area contributed by atoms with Gasteiger partial charge in [0.05, 0.1) is 5.69 Å². The van der Waals surface area contributed by atoms with E-state index in [-0.39, 0.29) is 5.84 Å². The molecular formula is C12H22N4OS. The van der Waals surface area contributed by atoms with Gasteiger partial charge in [-0.25, -0.2) is 4.98 Å². The highest BCUT2D eigenvalue weighted by molar-refractivity contribution is 7.15. The Labute approximate surface area is 112 Å². The van der Waals surface area contributed by atoms with E-state index in [1.165, 1.54) is 4.88 Å². The topological polar surface area (TPSA) is 74.7 Å². The summed E-state index contributed by atoms with van der Waals surface area (Å²) in [4.78, 5) is 8.01. The lowest BCUT2D eigenvalue weighted by molar-refractivity contribution is 0.317. The zero-order valence-electron chi connectivity index (χ0n) is 11.5. The van der Waals surface area contributed by atoms with Gasteiger partial charge in [-0.05, 0) is 19.8 Å². The molecule has 0 aliphatic rings. The molecule has 1 aromatic heterocycles. The lowest BCUT2D eigenvalue weighted by Crippen LogP contribution is -2.31. The van der Waals surface area contributed by atoms with E-state index in [0.29, 0.717) is 12.3 Å². The molecule has 1 rings (SSSR count). The molecule has 0 aromatic carbocycles. The SMILES string of the molecule is Cc1nc(N(CCC(N)=NO)CC(C)C)sc1C. The maximum absolute atomic E-state index is 8.58. The first kappa shape index (κ1) is 14.8. The van der Waals surface area contributed by atoms with Crippen molar-refractivity contribution in [3.63, 3.8) is 0 Å². The summed E-state index contributed by atoms with van der Waals surface area (Å²) in [5.41, 5.74) is 6.60. The van der Waals surface area contributed by atoms with Crippen molar-refractivity contribution in [2.24, 2.45) is 16.8 Å². The van der Waals surface area contributed by atoms with Crippen molar-refractivity contribution in [1.82, 2.24) is 4.98 Å². The maximum atomic E-state index is 8.58. The molecule has 0 amide bonds. The molecule has 1 aromatic rings. The number of oxime groups is 1. The van der Waals surface area contributed by atoms with Gasteiger partial charge in [0.1, 0.15) is 5.84 Å². The first-order chi connectivity index (χ1) is 8.43. The Morgan fingerprint density at radius 3 is 2.61 bits per heavy atom. The number of rotatable bonds is 6. The standard InChI is InChI=1S/C12H22N4OS/c1-8(2)7-16(6-5-11(13)15-17)12-14-9(3)10(4)18-12/h8,17H,5-7H2,1-4H3,(H2,13,15). The molecule has 0 saturated heterocycles. The van der Waals surface area contributed by atoms with Crippen LogP contribution in [0.1, 0.15) is 30.8 Å². The average Bonchev–Trinajstić information content (AvgIpc) is 2.64. The van der Waals surface area contributed by atoms with E-state index >= 15 is 0 Å². The van der Waals surface area contributed by atoms with Crippen LogP contribution in [0.3, 0.4) is 0 Å². The molecule has 0 fully saturated rings. The molecule has 102 valence electrons. The lowest BCUT2D eigenvalue weighted by Gasteiger charge is -2.23. The van der Waals surface area contributed by atoms with Crippen LogP contribution in [-0.4, -0.2) is 29.1 Å². The number of aromatic nitrogens is 1. The Hall–Kier alpha value is -1.30. The largest absolute Gasteiger partial charge is 0.409 e. The molecule has 0 aliphatic carbocycles. The van der Waals surface area contributed by atoms with Gasteiger partial charge >= 0.3 is 0 Å². The minimum Gasteiger partial charge on any atom is -0.409 e. The van der Waals surface area contributed by atoms with Crippen LogP contribution in [0.4, 0.5) is 5.13 Å². The minimum atomic E-state index is 0.258. The summed E-state index contributed by atoms with van der Waals surface area (Å²) in [6.45, 7) is 10.1. The number of nitrogens with two attached hydrogens (primary N) is 1.